The number of benzene rings is 1. The Morgan fingerprint density at radius 3 is 2.89 bits per heavy atom. The first-order valence-corrected chi connectivity index (χ1v) is 7.99. The van der Waals surface area contributed by atoms with E-state index in [1.165, 1.54) is 35.0 Å². The van der Waals surface area contributed by atoms with Crippen molar-refractivity contribution in [3.63, 3.8) is 0 Å². The minimum atomic E-state index is 0.158. The standard InChI is InChI=1S/C16H25BrN2/c1-12-6-7-13(17)9-15(12)16(2,3)11-19-14-5-4-8-18-10-14/h6-7,9,14,18-19H,4-5,8,10-11H2,1-3H3. The van der Waals surface area contributed by atoms with Gasteiger partial charge in [0.2, 0.25) is 0 Å². The Morgan fingerprint density at radius 2 is 2.21 bits per heavy atom. The third kappa shape index (κ3) is 4.04. The van der Waals surface area contributed by atoms with E-state index in [-0.39, 0.29) is 5.41 Å². The summed E-state index contributed by atoms with van der Waals surface area (Å²) in [6.07, 6.45) is 2.58. The van der Waals surface area contributed by atoms with Gasteiger partial charge >= 0.3 is 0 Å². The molecule has 0 spiro atoms. The smallest absolute Gasteiger partial charge is 0.0193 e. The Hall–Kier alpha value is -0.380. The Morgan fingerprint density at radius 1 is 1.42 bits per heavy atom. The number of rotatable bonds is 4. The lowest BCUT2D eigenvalue weighted by atomic mass is 9.81. The fourth-order valence-corrected chi connectivity index (χ4v) is 3.21. The maximum atomic E-state index is 3.73. The van der Waals surface area contributed by atoms with Crippen LogP contribution in [0, 0.1) is 6.92 Å². The van der Waals surface area contributed by atoms with Crippen molar-refractivity contribution in [3.05, 3.63) is 33.8 Å². The maximum absolute atomic E-state index is 3.73. The second-order valence-electron chi connectivity index (χ2n) is 6.27. The van der Waals surface area contributed by atoms with E-state index >= 15 is 0 Å². The molecule has 1 aliphatic rings. The lowest BCUT2D eigenvalue weighted by Crippen LogP contribution is -2.47. The number of aryl methyl sites for hydroxylation is 1. The largest absolute Gasteiger partial charge is 0.315 e. The van der Waals surface area contributed by atoms with Crippen molar-refractivity contribution in [1.82, 2.24) is 10.6 Å². The number of nitrogens with one attached hydrogen (secondary N) is 2. The first kappa shape index (κ1) is 15.0. The van der Waals surface area contributed by atoms with Crippen LogP contribution in [0.5, 0.6) is 0 Å². The Bertz CT molecular complexity index is 423. The van der Waals surface area contributed by atoms with Crippen LogP contribution in [0.2, 0.25) is 0 Å². The van der Waals surface area contributed by atoms with Crippen LogP contribution in [-0.4, -0.2) is 25.7 Å². The van der Waals surface area contributed by atoms with Gasteiger partial charge in [0.15, 0.2) is 0 Å². The molecule has 1 unspecified atom stereocenters. The van der Waals surface area contributed by atoms with E-state index in [2.05, 4.69) is 65.5 Å². The van der Waals surface area contributed by atoms with E-state index in [4.69, 9.17) is 0 Å². The summed E-state index contributed by atoms with van der Waals surface area (Å²) in [7, 11) is 0. The van der Waals surface area contributed by atoms with Gasteiger partial charge in [-0.05, 0) is 49.6 Å². The summed E-state index contributed by atoms with van der Waals surface area (Å²) < 4.78 is 1.17. The van der Waals surface area contributed by atoms with Crippen LogP contribution in [0.25, 0.3) is 0 Å². The van der Waals surface area contributed by atoms with Gasteiger partial charge in [-0.2, -0.15) is 0 Å². The predicted octanol–water partition coefficient (Wildman–Crippen LogP) is 3.38. The van der Waals surface area contributed by atoms with E-state index in [1.54, 1.807) is 0 Å². The molecule has 19 heavy (non-hydrogen) atoms. The minimum absolute atomic E-state index is 0.158. The molecule has 106 valence electrons. The van der Waals surface area contributed by atoms with E-state index in [9.17, 15) is 0 Å². The molecule has 2 nitrogen and oxygen atoms in total. The van der Waals surface area contributed by atoms with Crippen molar-refractivity contribution in [1.29, 1.82) is 0 Å². The van der Waals surface area contributed by atoms with Gasteiger partial charge < -0.3 is 10.6 Å². The molecule has 1 aliphatic heterocycles. The molecule has 1 fully saturated rings. The van der Waals surface area contributed by atoms with Gasteiger partial charge in [0.05, 0.1) is 0 Å². The molecule has 0 aromatic heterocycles. The summed E-state index contributed by atoms with van der Waals surface area (Å²) >= 11 is 3.59. The molecule has 2 N–H and O–H groups in total. The molecule has 1 aromatic carbocycles. The summed E-state index contributed by atoms with van der Waals surface area (Å²) in [5, 5.41) is 7.19. The normalized spacial score (nSPS) is 20.5. The van der Waals surface area contributed by atoms with Crippen molar-refractivity contribution in [3.8, 4) is 0 Å². The molecular weight excluding hydrogens is 300 g/mol. The first-order chi connectivity index (χ1) is 8.99. The quantitative estimate of drug-likeness (QED) is 0.887. The highest BCUT2D eigenvalue weighted by atomic mass is 79.9. The van der Waals surface area contributed by atoms with E-state index < -0.39 is 0 Å². The molecule has 0 saturated carbocycles. The Kier molecular flexibility index (Phi) is 5.04. The van der Waals surface area contributed by atoms with Crippen molar-refractivity contribution in [2.45, 2.75) is 45.1 Å². The zero-order valence-electron chi connectivity index (χ0n) is 12.2. The molecule has 1 heterocycles. The zero-order chi connectivity index (χ0) is 13.9. The molecule has 2 rings (SSSR count). The summed E-state index contributed by atoms with van der Waals surface area (Å²) in [6, 6.07) is 7.20. The molecular formula is C16H25BrN2. The molecule has 1 aromatic rings. The van der Waals surface area contributed by atoms with Crippen molar-refractivity contribution >= 4 is 15.9 Å². The van der Waals surface area contributed by atoms with Gasteiger partial charge in [-0.25, -0.2) is 0 Å². The van der Waals surface area contributed by atoms with Crippen molar-refractivity contribution in [2.24, 2.45) is 0 Å². The van der Waals surface area contributed by atoms with Crippen LogP contribution in [0.1, 0.15) is 37.8 Å². The second-order valence-corrected chi connectivity index (χ2v) is 7.18. The number of hydrogen-bond donors (Lipinski definition) is 2. The van der Waals surface area contributed by atoms with Crippen LogP contribution in [0.15, 0.2) is 22.7 Å². The SMILES string of the molecule is Cc1ccc(Br)cc1C(C)(C)CNC1CCCNC1. The van der Waals surface area contributed by atoms with E-state index in [0.29, 0.717) is 6.04 Å². The monoisotopic (exact) mass is 324 g/mol. The Balaban J connectivity index is 2.02. The van der Waals surface area contributed by atoms with Crippen LogP contribution >= 0.6 is 15.9 Å². The summed E-state index contributed by atoms with van der Waals surface area (Å²) in [6.45, 7) is 10.2. The average Bonchev–Trinajstić information content (AvgIpc) is 2.40. The number of halogens is 1. The average molecular weight is 325 g/mol. The van der Waals surface area contributed by atoms with Crippen LogP contribution in [0.3, 0.4) is 0 Å². The van der Waals surface area contributed by atoms with E-state index in [0.717, 1.165) is 13.1 Å². The van der Waals surface area contributed by atoms with E-state index in [1.807, 2.05) is 0 Å². The molecule has 3 heteroatoms. The summed E-state index contributed by atoms with van der Waals surface area (Å²) in [5.41, 5.74) is 2.96. The highest BCUT2D eigenvalue weighted by Gasteiger charge is 2.24. The molecule has 0 amide bonds. The van der Waals surface area contributed by atoms with Crippen LogP contribution in [-0.2, 0) is 5.41 Å². The zero-order valence-corrected chi connectivity index (χ0v) is 13.8. The minimum Gasteiger partial charge on any atom is -0.315 e. The lowest BCUT2D eigenvalue weighted by molar-refractivity contribution is 0.353. The van der Waals surface area contributed by atoms with Gasteiger partial charge in [-0.15, -0.1) is 0 Å². The van der Waals surface area contributed by atoms with Crippen molar-refractivity contribution < 1.29 is 0 Å². The maximum Gasteiger partial charge on any atom is 0.0193 e. The number of hydrogen-bond acceptors (Lipinski definition) is 2. The predicted molar refractivity (Wildman–Crippen MR) is 85.8 cm³/mol. The summed E-state index contributed by atoms with van der Waals surface area (Å²) in [4.78, 5) is 0. The second kappa shape index (κ2) is 6.38. The molecule has 0 aliphatic carbocycles. The molecule has 0 bridgehead atoms. The highest BCUT2D eigenvalue weighted by molar-refractivity contribution is 9.10. The Labute approximate surface area is 125 Å². The topological polar surface area (TPSA) is 24.1 Å². The number of piperidine rings is 1. The molecule has 1 atom stereocenters. The molecule has 1 saturated heterocycles. The highest BCUT2D eigenvalue weighted by Crippen LogP contribution is 2.28. The fourth-order valence-electron chi connectivity index (χ4n) is 2.84. The first-order valence-electron chi connectivity index (χ1n) is 7.20. The van der Waals surface area contributed by atoms with Crippen LogP contribution in [0.4, 0.5) is 0 Å². The van der Waals surface area contributed by atoms with Crippen LogP contribution < -0.4 is 10.6 Å². The van der Waals surface area contributed by atoms with Gasteiger partial charge in [0.25, 0.3) is 0 Å². The van der Waals surface area contributed by atoms with Gasteiger partial charge in [0, 0.05) is 29.0 Å². The third-order valence-corrected chi connectivity index (χ3v) is 4.55. The van der Waals surface area contributed by atoms with Crippen molar-refractivity contribution in [2.75, 3.05) is 19.6 Å². The fraction of sp³-hybridized carbons (Fsp3) is 0.625. The van der Waals surface area contributed by atoms with Gasteiger partial charge in [0.1, 0.15) is 0 Å². The van der Waals surface area contributed by atoms with Gasteiger partial charge in [-0.1, -0.05) is 35.8 Å². The lowest BCUT2D eigenvalue weighted by Gasteiger charge is -2.32. The van der Waals surface area contributed by atoms with Gasteiger partial charge in [-0.3, -0.25) is 0 Å². The third-order valence-electron chi connectivity index (χ3n) is 4.06. The summed E-state index contributed by atoms with van der Waals surface area (Å²) in [5.74, 6) is 0. The molecule has 0 radical (unpaired) electrons.